The van der Waals surface area contributed by atoms with Crippen LogP contribution < -0.4 is 20.5 Å². The zero-order valence-corrected chi connectivity index (χ0v) is 18.3. The normalized spacial score (nSPS) is 14.6. The summed E-state index contributed by atoms with van der Waals surface area (Å²) in [6.07, 6.45) is 0. The predicted molar refractivity (Wildman–Crippen MR) is 125 cm³/mol. The fraction of sp³-hybridized carbons (Fsp3) is 0.333. The number of aromatic amines is 1. The van der Waals surface area contributed by atoms with Crippen LogP contribution in [0.2, 0.25) is 0 Å². The molecular formula is C24H29N5O2. The lowest BCUT2D eigenvalue weighted by Crippen LogP contribution is -2.48. The number of benzene rings is 2. The molecule has 2 N–H and O–H groups in total. The summed E-state index contributed by atoms with van der Waals surface area (Å²) in [6, 6.07) is 17.8. The molecule has 7 nitrogen and oxygen atoms in total. The molecule has 2 aromatic carbocycles. The van der Waals surface area contributed by atoms with Gasteiger partial charge in [0.2, 0.25) is 5.95 Å². The number of hydrogen-bond donors (Lipinski definition) is 2. The van der Waals surface area contributed by atoms with Crippen molar-refractivity contribution in [3.05, 3.63) is 65.0 Å². The van der Waals surface area contributed by atoms with Crippen molar-refractivity contribution in [2.24, 2.45) is 0 Å². The van der Waals surface area contributed by atoms with Crippen LogP contribution in [0.15, 0.2) is 59.4 Å². The third kappa shape index (κ3) is 5.06. The SMILES string of the molecule is COc1ccc(-c2cc(=O)[nH]c(Nc3ccc(N4CCN(C(C)C)CC4)cc3)n2)cc1. The number of hydrogen-bond acceptors (Lipinski definition) is 6. The molecule has 0 bridgehead atoms. The fourth-order valence-corrected chi connectivity index (χ4v) is 3.82. The number of nitrogens with one attached hydrogen (secondary N) is 2. The van der Waals surface area contributed by atoms with Gasteiger partial charge >= 0.3 is 0 Å². The average Bonchev–Trinajstić information content (AvgIpc) is 2.79. The number of ether oxygens (including phenoxy) is 1. The van der Waals surface area contributed by atoms with E-state index in [1.54, 1.807) is 7.11 Å². The maximum atomic E-state index is 12.2. The first-order valence-corrected chi connectivity index (χ1v) is 10.6. The van der Waals surface area contributed by atoms with E-state index in [4.69, 9.17) is 4.74 Å². The minimum atomic E-state index is -0.206. The lowest BCUT2D eigenvalue weighted by Gasteiger charge is -2.38. The number of nitrogens with zero attached hydrogens (tertiary/aromatic N) is 3. The van der Waals surface area contributed by atoms with E-state index in [0.717, 1.165) is 43.2 Å². The Bertz CT molecular complexity index is 1050. The first-order valence-electron chi connectivity index (χ1n) is 10.6. The second-order valence-corrected chi connectivity index (χ2v) is 8.00. The average molecular weight is 420 g/mol. The highest BCUT2D eigenvalue weighted by Gasteiger charge is 2.18. The first kappa shape index (κ1) is 20.9. The Morgan fingerprint density at radius 2 is 1.68 bits per heavy atom. The van der Waals surface area contributed by atoms with Crippen LogP contribution in [0.25, 0.3) is 11.3 Å². The van der Waals surface area contributed by atoms with Crippen molar-refractivity contribution in [3.63, 3.8) is 0 Å². The Kier molecular flexibility index (Phi) is 6.23. The molecule has 0 unspecified atom stereocenters. The quantitative estimate of drug-likeness (QED) is 0.634. The van der Waals surface area contributed by atoms with Crippen molar-refractivity contribution in [1.29, 1.82) is 0 Å². The molecule has 31 heavy (non-hydrogen) atoms. The maximum absolute atomic E-state index is 12.2. The summed E-state index contributed by atoms with van der Waals surface area (Å²) >= 11 is 0. The summed E-state index contributed by atoms with van der Waals surface area (Å²) in [6.45, 7) is 8.73. The van der Waals surface area contributed by atoms with Gasteiger partial charge in [0.05, 0.1) is 12.8 Å². The van der Waals surface area contributed by atoms with E-state index in [1.807, 2.05) is 36.4 Å². The van der Waals surface area contributed by atoms with Gasteiger partial charge in [-0.3, -0.25) is 14.7 Å². The molecule has 0 atom stereocenters. The molecule has 1 saturated heterocycles. The summed E-state index contributed by atoms with van der Waals surface area (Å²) in [5, 5.41) is 3.21. The molecule has 1 aromatic heterocycles. The molecule has 0 saturated carbocycles. The van der Waals surface area contributed by atoms with E-state index in [0.29, 0.717) is 17.7 Å². The van der Waals surface area contributed by atoms with Gasteiger partial charge in [0.1, 0.15) is 5.75 Å². The molecule has 1 aliphatic rings. The number of anilines is 3. The summed E-state index contributed by atoms with van der Waals surface area (Å²) in [5.41, 5.74) is 3.34. The van der Waals surface area contributed by atoms with Gasteiger partial charge in [0.15, 0.2) is 0 Å². The van der Waals surface area contributed by atoms with Gasteiger partial charge in [-0.05, 0) is 62.4 Å². The van der Waals surface area contributed by atoms with Crippen molar-refractivity contribution in [1.82, 2.24) is 14.9 Å². The van der Waals surface area contributed by atoms with Crippen LogP contribution in [0, 0.1) is 0 Å². The fourth-order valence-electron chi connectivity index (χ4n) is 3.82. The number of aromatic nitrogens is 2. The van der Waals surface area contributed by atoms with Gasteiger partial charge in [-0.1, -0.05) is 0 Å². The van der Waals surface area contributed by atoms with Gasteiger partial charge in [0, 0.05) is 55.2 Å². The van der Waals surface area contributed by atoms with Gasteiger partial charge in [-0.15, -0.1) is 0 Å². The summed E-state index contributed by atoms with van der Waals surface area (Å²) in [4.78, 5) is 24.4. The van der Waals surface area contributed by atoms with E-state index < -0.39 is 0 Å². The Labute approximate surface area is 182 Å². The van der Waals surface area contributed by atoms with Crippen LogP contribution in [-0.4, -0.2) is 54.2 Å². The van der Waals surface area contributed by atoms with E-state index in [9.17, 15) is 4.79 Å². The largest absolute Gasteiger partial charge is 0.497 e. The molecule has 4 rings (SSSR count). The number of methoxy groups -OCH3 is 1. The van der Waals surface area contributed by atoms with Gasteiger partial charge in [-0.25, -0.2) is 4.98 Å². The van der Waals surface area contributed by atoms with Crippen LogP contribution in [0.5, 0.6) is 5.75 Å². The minimum absolute atomic E-state index is 0.206. The van der Waals surface area contributed by atoms with E-state index >= 15 is 0 Å². The second-order valence-electron chi connectivity index (χ2n) is 8.00. The highest BCUT2D eigenvalue weighted by atomic mass is 16.5. The maximum Gasteiger partial charge on any atom is 0.252 e. The third-order valence-electron chi connectivity index (χ3n) is 5.67. The topological polar surface area (TPSA) is 73.5 Å². The highest BCUT2D eigenvalue weighted by molar-refractivity contribution is 5.64. The first-order chi connectivity index (χ1) is 15.0. The Balaban J connectivity index is 1.45. The highest BCUT2D eigenvalue weighted by Crippen LogP contribution is 2.23. The number of rotatable bonds is 6. The van der Waals surface area contributed by atoms with Crippen molar-refractivity contribution in [2.75, 3.05) is 43.5 Å². The van der Waals surface area contributed by atoms with Crippen LogP contribution in [0.3, 0.4) is 0 Å². The van der Waals surface area contributed by atoms with Crippen LogP contribution >= 0.6 is 0 Å². The van der Waals surface area contributed by atoms with E-state index in [1.165, 1.54) is 11.8 Å². The molecule has 0 spiro atoms. The molecule has 3 aromatic rings. The second kappa shape index (κ2) is 9.22. The third-order valence-corrected chi connectivity index (χ3v) is 5.67. The van der Waals surface area contributed by atoms with Crippen LogP contribution in [0.4, 0.5) is 17.3 Å². The Hall–Kier alpha value is -3.32. The van der Waals surface area contributed by atoms with Crippen LogP contribution in [0.1, 0.15) is 13.8 Å². The Morgan fingerprint density at radius 3 is 2.29 bits per heavy atom. The molecule has 0 amide bonds. The van der Waals surface area contributed by atoms with E-state index in [-0.39, 0.29) is 5.56 Å². The lowest BCUT2D eigenvalue weighted by atomic mass is 10.1. The zero-order valence-electron chi connectivity index (χ0n) is 18.3. The van der Waals surface area contributed by atoms with Crippen molar-refractivity contribution in [3.8, 4) is 17.0 Å². The number of piperazine rings is 1. The summed E-state index contributed by atoms with van der Waals surface area (Å²) < 4.78 is 5.19. The zero-order chi connectivity index (χ0) is 21.8. The Morgan fingerprint density at radius 1 is 1.00 bits per heavy atom. The van der Waals surface area contributed by atoms with Gasteiger partial charge < -0.3 is 15.0 Å². The van der Waals surface area contributed by atoms with Gasteiger partial charge in [0.25, 0.3) is 5.56 Å². The monoisotopic (exact) mass is 419 g/mol. The summed E-state index contributed by atoms with van der Waals surface area (Å²) in [7, 11) is 1.62. The number of H-pyrrole nitrogens is 1. The van der Waals surface area contributed by atoms with Crippen molar-refractivity contribution < 1.29 is 4.74 Å². The standard InChI is InChI=1S/C24H29N5O2/c1-17(2)28-12-14-29(15-13-28)20-8-6-19(7-9-20)25-24-26-22(16-23(30)27-24)18-4-10-21(31-3)11-5-18/h4-11,16-17H,12-15H2,1-3H3,(H2,25,26,27,30). The van der Waals surface area contributed by atoms with Crippen LogP contribution in [-0.2, 0) is 0 Å². The summed E-state index contributed by atoms with van der Waals surface area (Å²) in [5.74, 6) is 1.18. The molecular weight excluding hydrogens is 390 g/mol. The minimum Gasteiger partial charge on any atom is -0.497 e. The molecule has 162 valence electrons. The lowest BCUT2D eigenvalue weighted by molar-refractivity contribution is 0.209. The molecule has 2 heterocycles. The predicted octanol–water partition coefficient (Wildman–Crippen LogP) is 3.72. The smallest absolute Gasteiger partial charge is 0.252 e. The van der Waals surface area contributed by atoms with Crippen molar-refractivity contribution in [2.45, 2.75) is 19.9 Å². The molecule has 1 aliphatic heterocycles. The van der Waals surface area contributed by atoms with E-state index in [2.05, 4.69) is 51.1 Å². The van der Waals surface area contributed by atoms with Gasteiger partial charge in [-0.2, -0.15) is 0 Å². The molecule has 0 aliphatic carbocycles. The van der Waals surface area contributed by atoms with Crippen molar-refractivity contribution >= 4 is 17.3 Å². The molecule has 1 fully saturated rings. The molecule has 7 heteroatoms. The molecule has 0 radical (unpaired) electrons.